The molecule has 0 saturated heterocycles. The number of rotatable bonds is 5. The van der Waals surface area contributed by atoms with Crippen LogP contribution in [0.2, 0.25) is 0 Å². The van der Waals surface area contributed by atoms with Crippen LogP contribution in [0.25, 0.3) is 64.6 Å². The molecule has 0 amide bonds. The quantitative estimate of drug-likeness (QED) is 0.207. The molecule has 0 unspecified atom stereocenters. The van der Waals surface area contributed by atoms with Crippen LogP contribution in [-0.4, -0.2) is 20.9 Å². The third-order valence-corrected chi connectivity index (χ3v) is 8.58. The Labute approximate surface area is 230 Å². The number of aromatic nitrogens is 1. The first-order chi connectivity index (χ1) is 18.4. The molecule has 198 valence electrons. The van der Waals surface area contributed by atoms with E-state index in [4.69, 9.17) is 9.47 Å². The predicted molar refractivity (Wildman–Crippen MR) is 166 cm³/mol. The highest BCUT2D eigenvalue weighted by Crippen LogP contribution is 2.54. The molecular formula is C33H31NO4S. The van der Waals surface area contributed by atoms with Gasteiger partial charge in [0, 0.05) is 38.1 Å². The van der Waals surface area contributed by atoms with Crippen LogP contribution in [0.15, 0.2) is 46.0 Å². The standard InChI is InChI=1S/C33H31NO4S/c1-8-13-39-34-30(35)28-19-14-21(37-32(2,3)4)17-11-9-16-10-12-18-22(38-33(5,6)7)15-20(29(28)31(34)36)27-25(18)23(16)24(17)26(19)27/h9-12,14-15H,8,13H2,1-7H3. The van der Waals surface area contributed by atoms with E-state index in [0.29, 0.717) is 16.5 Å². The van der Waals surface area contributed by atoms with Crippen LogP contribution in [0.1, 0.15) is 54.9 Å². The van der Waals surface area contributed by atoms with Crippen molar-refractivity contribution in [3.05, 3.63) is 57.1 Å². The summed E-state index contributed by atoms with van der Waals surface area (Å²) in [7, 11) is 0. The third kappa shape index (κ3) is 3.33. The Bertz CT molecular complexity index is 2020. The average Bonchev–Trinajstić information content (AvgIpc) is 3.32. The summed E-state index contributed by atoms with van der Waals surface area (Å²) < 4.78 is 14.4. The largest absolute Gasteiger partial charge is 0.487 e. The van der Waals surface area contributed by atoms with Gasteiger partial charge in [-0.05, 0) is 106 Å². The summed E-state index contributed by atoms with van der Waals surface area (Å²) in [6, 6.07) is 12.5. The maximum absolute atomic E-state index is 14.0. The molecule has 7 rings (SSSR count). The highest BCUT2D eigenvalue weighted by Gasteiger charge is 2.30. The molecule has 0 atom stereocenters. The van der Waals surface area contributed by atoms with Crippen molar-refractivity contribution in [1.29, 1.82) is 0 Å². The zero-order chi connectivity index (χ0) is 27.6. The third-order valence-electron chi connectivity index (χ3n) is 7.40. The first-order valence-corrected chi connectivity index (χ1v) is 14.5. The van der Waals surface area contributed by atoms with Gasteiger partial charge < -0.3 is 9.47 Å². The van der Waals surface area contributed by atoms with Gasteiger partial charge in [0.25, 0.3) is 11.1 Å². The molecule has 0 aliphatic rings. The second kappa shape index (κ2) is 7.79. The number of ether oxygens (including phenoxy) is 2. The SMILES string of the molecule is CCCSn1c(=O)c2c3cc(OC(C)(C)C)c4ccc5ccc6c(OC(C)(C)C)cc(c2c1=O)c1c6c5c4c31. The van der Waals surface area contributed by atoms with Crippen LogP contribution in [0.3, 0.4) is 0 Å². The molecule has 0 aliphatic heterocycles. The first kappa shape index (κ1) is 24.5. The summed E-state index contributed by atoms with van der Waals surface area (Å²) in [6.45, 7) is 14.2. The highest BCUT2D eigenvalue weighted by atomic mass is 32.2. The van der Waals surface area contributed by atoms with Gasteiger partial charge in [-0.25, -0.2) is 3.97 Å². The van der Waals surface area contributed by atoms with Gasteiger partial charge in [-0.3, -0.25) is 9.59 Å². The molecule has 6 heteroatoms. The Hall–Kier alpha value is -3.51. The molecule has 7 aromatic rings. The molecule has 0 radical (unpaired) electrons. The summed E-state index contributed by atoms with van der Waals surface area (Å²) in [4.78, 5) is 28.0. The fourth-order valence-corrected chi connectivity index (χ4v) is 7.01. The Morgan fingerprint density at radius 2 is 1.08 bits per heavy atom. The lowest BCUT2D eigenvalue weighted by Crippen LogP contribution is -2.23. The van der Waals surface area contributed by atoms with E-state index in [1.807, 2.05) is 60.6 Å². The van der Waals surface area contributed by atoms with Gasteiger partial charge in [0.1, 0.15) is 22.7 Å². The second-order valence-electron chi connectivity index (χ2n) is 12.6. The maximum Gasteiger partial charge on any atom is 0.272 e. The number of benzene rings is 5. The molecule has 39 heavy (non-hydrogen) atoms. The number of nitrogens with zero attached hydrogens (tertiary/aromatic N) is 1. The van der Waals surface area contributed by atoms with Crippen molar-refractivity contribution in [1.82, 2.24) is 3.97 Å². The van der Waals surface area contributed by atoms with Crippen molar-refractivity contribution in [3.63, 3.8) is 0 Å². The van der Waals surface area contributed by atoms with E-state index < -0.39 is 11.2 Å². The van der Waals surface area contributed by atoms with Gasteiger partial charge in [-0.2, -0.15) is 0 Å². The lowest BCUT2D eigenvalue weighted by Gasteiger charge is -2.23. The normalized spacial score (nSPS) is 13.5. The minimum absolute atomic E-state index is 0.252. The van der Waals surface area contributed by atoms with Crippen LogP contribution in [0.5, 0.6) is 11.5 Å². The Balaban J connectivity index is 1.80. The molecule has 0 fully saturated rings. The van der Waals surface area contributed by atoms with E-state index in [1.54, 1.807) is 0 Å². The summed E-state index contributed by atoms with van der Waals surface area (Å²) >= 11 is 1.30. The molecular weight excluding hydrogens is 506 g/mol. The van der Waals surface area contributed by atoms with Crippen LogP contribution >= 0.6 is 11.9 Å². The zero-order valence-electron chi connectivity index (χ0n) is 23.4. The smallest absolute Gasteiger partial charge is 0.272 e. The number of hydrogen-bond acceptors (Lipinski definition) is 5. The number of fused-ring (bicyclic) bond motifs is 3. The van der Waals surface area contributed by atoms with Gasteiger partial charge in [0.2, 0.25) is 0 Å². The Morgan fingerprint density at radius 3 is 1.49 bits per heavy atom. The van der Waals surface area contributed by atoms with Crippen molar-refractivity contribution >= 4 is 76.6 Å². The lowest BCUT2D eigenvalue weighted by atomic mass is 9.94. The van der Waals surface area contributed by atoms with Crippen LogP contribution < -0.4 is 20.6 Å². The number of hydrogen-bond donors (Lipinski definition) is 0. The van der Waals surface area contributed by atoms with Crippen molar-refractivity contribution in [2.45, 2.75) is 66.1 Å². The van der Waals surface area contributed by atoms with Gasteiger partial charge in [-0.1, -0.05) is 19.1 Å². The van der Waals surface area contributed by atoms with Gasteiger partial charge >= 0.3 is 0 Å². The van der Waals surface area contributed by atoms with Crippen molar-refractivity contribution in [2.24, 2.45) is 0 Å². The van der Waals surface area contributed by atoms with Gasteiger partial charge in [0.15, 0.2) is 0 Å². The fourth-order valence-electron chi connectivity index (χ4n) is 6.23. The highest BCUT2D eigenvalue weighted by molar-refractivity contribution is 7.97. The van der Waals surface area contributed by atoms with Gasteiger partial charge in [-0.15, -0.1) is 0 Å². The second-order valence-corrected chi connectivity index (χ2v) is 13.6. The van der Waals surface area contributed by atoms with E-state index in [0.717, 1.165) is 71.8 Å². The Kier molecular flexibility index (Phi) is 4.90. The summed E-state index contributed by atoms with van der Waals surface area (Å²) in [5, 5.41) is 11.0. The first-order valence-electron chi connectivity index (χ1n) is 13.6. The van der Waals surface area contributed by atoms with Gasteiger partial charge in [0.05, 0.1) is 10.8 Å². The lowest BCUT2D eigenvalue weighted by molar-refractivity contribution is 0.133. The molecule has 5 nitrogen and oxygen atoms in total. The van der Waals surface area contributed by atoms with Crippen molar-refractivity contribution in [3.8, 4) is 11.5 Å². The molecule has 0 spiro atoms. The van der Waals surface area contributed by atoms with E-state index in [2.05, 4.69) is 24.3 Å². The van der Waals surface area contributed by atoms with Crippen LogP contribution in [0.4, 0.5) is 0 Å². The van der Waals surface area contributed by atoms with Crippen molar-refractivity contribution < 1.29 is 9.47 Å². The van der Waals surface area contributed by atoms with Crippen LogP contribution in [0, 0.1) is 0 Å². The topological polar surface area (TPSA) is 57.5 Å². The summed E-state index contributed by atoms with van der Waals surface area (Å²) in [5.74, 6) is 2.14. The minimum Gasteiger partial charge on any atom is -0.487 e. The molecule has 0 N–H and O–H groups in total. The molecule has 0 saturated carbocycles. The summed E-state index contributed by atoms with van der Waals surface area (Å²) in [5.41, 5.74) is -1.38. The molecule has 6 aromatic carbocycles. The van der Waals surface area contributed by atoms with E-state index >= 15 is 0 Å². The fraction of sp³-hybridized carbons (Fsp3) is 0.333. The zero-order valence-corrected chi connectivity index (χ0v) is 24.2. The Morgan fingerprint density at radius 1 is 0.641 bits per heavy atom. The monoisotopic (exact) mass is 537 g/mol. The van der Waals surface area contributed by atoms with E-state index in [-0.39, 0.29) is 11.1 Å². The van der Waals surface area contributed by atoms with E-state index in [1.165, 1.54) is 15.9 Å². The average molecular weight is 538 g/mol. The summed E-state index contributed by atoms with van der Waals surface area (Å²) in [6.07, 6.45) is 0.864. The molecule has 0 bridgehead atoms. The van der Waals surface area contributed by atoms with Crippen LogP contribution in [-0.2, 0) is 0 Å². The minimum atomic E-state index is -0.438. The predicted octanol–water partition coefficient (Wildman–Crippen LogP) is 8.14. The molecule has 1 aromatic heterocycles. The van der Waals surface area contributed by atoms with Crippen molar-refractivity contribution in [2.75, 3.05) is 5.75 Å². The molecule has 0 aliphatic carbocycles. The van der Waals surface area contributed by atoms with E-state index in [9.17, 15) is 9.59 Å². The molecule has 1 heterocycles. The maximum atomic E-state index is 14.0.